The van der Waals surface area contributed by atoms with Gasteiger partial charge in [0.05, 0.1) is 36.2 Å². The Balaban J connectivity index is 2.17. The normalized spacial score (nSPS) is 11.7. The molecule has 2 aromatic heterocycles. The summed E-state index contributed by atoms with van der Waals surface area (Å²) in [5, 5.41) is 18.3. The van der Waals surface area contributed by atoms with E-state index >= 15 is 0 Å². The second kappa shape index (κ2) is 7.36. The smallest absolute Gasteiger partial charge is 0.0931 e. The van der Waals surface area contributed by atoms with Crippen LogP contribution in [0, 0.1) is 11.3 Å². The van der Waals surface area contributed by atoms with Gasteiger partial charge in [-0.15, -0.1) is 0 Å². The molecule has 1 N–H and O–H groups in total. The van der Waals surface area contributed by atoms with E-state index in [-0.39, 0.29) is 0 Å². The molecule has 0 fully saturated rings. The van der Waals surface area contributed by atoms with Gasteiger partial charge in [0.2, 0.25) is 0 Å². The second-order valence-electron chi connectivity index (χ2n) is 4.81. The molecule has 0 radical (unpaired) electrons. The molecule has 2 rings (SSSR count). The Hall–Kier alpha value is -2.45. The fourth-order valence-electron chi connectivity index (χ4n) is 2.03. The van der Waals surface area contributed by atoms with Gasteiger partial charge in [-0.05, 0) is 30.7 Å². The molecule has 21 heavy (non-hydrogen) atoms. The van der Waals surface area contributed by atoms with Gasteiger partial charge in [0.15, 0.2) is 0 Å². The Morgan fingerprint density at radius 1 is 1.33 bits per heavy atom. The summed E-state index contributed by atoms with van der Waals surface area (Å²) in [5.41, 5.74) is 2.65. The molecular formula is C16H18N4O. The number of aliphatic hydroxyl groups excluding tert-OH is 1. The minimum absolute atomic E-state index is 0.443. The highest BCUT2D eigenvalue weighted by Crippen LogP contribution is 2.18. The molecule has 108 valence electrons. The lowest BCUT2D eigenvalue weighted by Gasteiger charge is -2.23. The van der Waals surface area contributed by atoms with Crippen LogP contribution in [0.25, 0.3) is 0 Å². The average Bonchev–Trinajstić information content (AvgIpc) is 2.52. The van der Waals surface area contributed by atoms with Gasteiger partial charge < -0.3 is 10.0 Å². The number of aromatic nitrogens is 2. The zero-order valence-corrected chi connectivity index (χ0v) is 12.0. The standard InChI is InChI=1S/C16H18N4O/c1-13(21)16-6-5-15(11-19-16)20(9-3-7-17)12-14-4-2-8-18-10-14/h2,4-6,8,10-11,13,21H,3,9,12H2,1H3/t13-/m0/s1. The van der Waals surface area contributed by atoms with E-state index in [4.69, 9.17) is 5.26 Å². The van der Waals surface area contributed by atoms with Crippen LogP contribution >= 0.6 is 0 Å². The van der Waals surface area contributed by atoms with E-state index in [1.807, 2.05) is 30.5 Å². The van der Waals surface area contributed by atoms with Crippen LogP contribution in [0.1, 0.15) is 30.7 Å². The van der Waals surface area contributed by atoms with Gasteiger partial charge in [-0.3, -0.25) is 9.97 Å². The minimum atomic E-state index is -0.579. The number of aliphatic hydroxyl groups is 1. The van der Waals surface area contributed by atoms with Crippen molar-refractivity contribution in [1.82, 2.24) is 9.97 Å². The van der Waals surface area contributed by atoms with Crippen LogP contribution in [0.4, 0.5) is 5.69 Å². The Labute approximate surface area is 124 Å². The summed E-state index contributed by atoms with van der Waals surface area (Å²) in [6.07, 6.45) is 5.15. The van der Waals surface area contributed by atoms with Crippen LogP contribution in [0.15, 0.2) is 42.9 Å². The second-order valence-corrected chi connectivity index (χ2v) is 4.81. The number of nitriles is 1. The maximum absolute atomic E-state index is 9.50. The van der Waals surface area contributed by atoms with E-state index in [1.54, 1.807) is 19.3 Å². The topological polar surface area (TPSA) is 73.0 Å². The number of hydrogen-bond acceptors (Lipinski definition) is 5. The van der Waals surface area contributed by atoms with Gasteiger partial charge in [-0.1, -0.05) is 6.07 Å². The van der Waals surface area contributed by atoms with Gasteiger partial charge in [0.25, 0.3) is 0 Å². The predicted octanol–water partition coefficient (Wildman–Crippen LogP) is 2.45. The Bertz CT molecular complexity index is 590. The molecule has 2 aromatic rings. The van der Waals surface area contributed by atoms with Gasteiger partial charge in [-0.2, -0.15) is 5.26 Å². The molecule has 5 nitrogen and oxygen atoms in total. The van der Waals surface area contributed by atoms with E-state index in [1.165, 1.54) is 0 Å². The van der Waals surface area contributed by atoms with E-state index in [0.717, 1.165) is 11.3 Å². The zero-order valence-electron chi connectivity index (χ0n) is 12.0. The molecule has 0 aliphatic heterocycles. The van der Waals surface area contributed by atoms with E-state index in [2.05, 4.69) is 20.9 Å². The lowest BCUT2D eigenvalue weighted by Crippen LogP contribution is -2.24. The summed E-state index contributed by atoms with van der Waals surface area (Å²) in [6.45, 7) is 2.98. The molecule has 0 saturated heterocycles. The van der Waals surface area contributed by atoms with Crippen LogP contribution in [0.5, 0.6) is 0 Å². The van der Waals surface area contributed by atoms with Gasteiger partial charge in [0, 0.05) is 25.5 Å². The number of rotatable bonds is 6. The van der Waals surface area contributed by atoms with Crippen LogP contribution in [0.3, 0.4) is 0 Å². The first-order valence-corrected chi connectivity index (χ1v) is 6.85. The van der Waals surface area contributed by atoms with Crippen molar-refractivity contribution in [2.45, 2.75) is 26.0 Å². The van der Waals surface area contributed by atoms with Gasteiger partial charge in [0.1, 0.15) is 0 Å². The maximum Gasteiger partial charge on any atom is 0.0931 e. The van der Waals surface area contributed by atoms with Crippen molar-refractivity contribution in [2.24, 2.45) is 0 Å². The van der Waals surface area contributed by atoms with Crippen molar-refractivity contribution in [3.8, 4) is 6.07 Å². The van der Waals surface area contributed by atoms with Gasteiger partial charge in [-0.25, -0.2) is 0 Å². The summed E-state index contributed by atoms with van der Waals surface area (Å²) in [5.74, 6) is 0. The first-order valence-electron chi connectivity index (χ1n) is 6.85. The van der Waals surface area contributed by atoms with E-state index in [9.17, 15) is 5.11 Å². The van der Waals surface area contributed by atoms with Crippen molar-refractivity contribution in [3.05, 3.63) is 54.1 Å². The van der Waals surface area contributed by atoms with E-state index < -0.39 is 6.10 Å². The Morgan fingerprint density at radius 3 is 2.76 bits per heavy atom. The lowest BCUT2D eigenvalue weighted by atomic mass is 10.2. The fourth-order valence-corrected chi connectivity index (χ4v) is 2.03. The number of nitrogens with zero attached hydrogens (tertiary/aromatic N) is 4. The van der Waals surface area contributed by atoms with E-state index in [0.29, 0.717) is 25.2 Å². The van der Waals surface area contributed by atoms with Gasteiger partial charge >= 0.3 is 0 Å². The monoisotopic (exact) mass is 282 g/mol. The van der Waals surface area contributed by atoms with Crippen LogP contribution in [0.2, 0.25) is 0 Å². The summed E-state index contributed by atoms with van der Waals surface area (Å²) in [4.78, 5) is 10.4. The first-order chi connectivity index (χ1) is 10.2. The SMILES string of the molecule is C[C@H](O)c1ccc(N(CCC#N)Cc2cccnc2)cn1. The summed E-state index contributed by atoms with van der Waals surface area (Å²) in [6, 6.07) is 9.79. The summed E-state index contributed by atoms with van der Waals surface area (Å²) < 4.78 is 0. The number of anilines is 1. The molecule has 2 heterocycles. The molecule has 0 aliphatic rings. The average molecular weight is 282 g/mol. The van der Waals surface area contributed by atoms with Crippen molar-refractivity contribution in [1.29, 1.82) is 5.26 Å². The molecule has 0 amide bonds. The van der Waals surface area contributed by atoms with Crippen LogP contribution in [-0.4, -0.2) is 21.6 Å². The Kier molecular flexibility index (Phi) is 5.24. The van der Waals surface area contributed by atoms with Crippen molar-refractivity contribution in [3.63, 3.8) is 0 Å². The largest absolute Gasteiger partial charge is 0.387 e. The predicted molar refractivity (Wildman–Crippen MR) is 80.4 cm³/mol. The molecule has 0 unspecified atom stereocenters. The molecule has 5 heteroatoms. The summed E-state index contributed by atoms with van der Waals surface area (Å²) >= 11 is 0. The third-order valence-corrected chi connectivity index (χ3v) is 3.15. The first kappa shape index (κ1) is 14.9. The number of hydrogen-bond donors (Lipinski definition) is 1. The highest BCUT2D eigenvalue weighted by atomic mass is 16.3. The zero-order chi connectivity index (χ0) is 15.1. The highest BCUT2D eigenvalue weighted by molar-refractivity contribution is 5.45. The van der Waals surface area contributed by atoms with Crippen molar-refractivity contribution in [2.75, 3.05) is 11.4 Å². The fraction of sp³-hybridized carbons (Fsp3) is 0.312. The maximum atomic E-state index is 9.50. The molecule has 0 aromatic carbocycles. The quantitative estimate of drug-likeness (QED) is 0.881. The highest BCUT2D eigenvalue weighted by Gasteiger charge is 2.09. The van der Waals surface area contributed by atoms with Crippen molar-refractivity contribution >= 4 is 5.69 Å². The molecule has 1 atom stereocenters. The van der Waals surface area contributed by atoms with Crippen LogP contribution in [-0.2, 0) is 6.54 Å². The third-order valence-electron chi connectivity index (χ3n) is 3.15. The van der Waals surface area contributed by atoms with Crippen molar-refractivity contribution < 1.29 is 5.11 Å². The molecule has 0 aliphatic carbocycles. The molecule has 0 spiro atoms. The third kappa shape index (κ3) is 4.26. The summed E-state index contributed by atoms with van der Waals surface area (Å²) in [7, 11) is 0. The molecular weight excluding hydrogens is 264 g/mol. The lowest BCUT2D eigenvalue weighted by molar-refractivity contribution is 0.194. The molecule has 0 saturated carbocycles. The van der Waals surface area contributed by atoms with Crippen LogP contribution < -0.4 is 4.90 Å². The Morgan fingerprint density at radius 2 is 2.19 bits per heavy atom. The molecule has 0 bridgehead atoms. The number of pyridine rings is 2. The minimum Gasteiger partial charge on any atom is -0.387 e.